The summed E-state index contributed by atoms with van der Waals surface area (Å²) in [5.74, 6) is 0.629. The number of nitrogens with one attached hydrogen (secondary N) is 1. The van der Waals surface area contributed by atoms with Crippen molar-refractivity contribution in [2.45, 2.75) is 38.9 Å². The second-order valence-electron chi connectivity index (χ2n) is 5.40. The van der Waals surface area contributed by atoms with Crippen molar-refractivity contribution in [1.29, 1.82) is 0 Å². The molecule has 2 heterocycles. The first kappa shape index (κ1) is 13.7. The Kier molecular flexibility index (Phi) is 3.34. The largest absolute Gasteiger partial charge is 0.496 e. The zero-order valence-corrected chi connectivity index (χ0v) is 12.1. The van der Waals surface area contributed by atoms with E-state index in [-0.39, 0.29) is 11.2 Å². The Bertz CT molecular complexity index is 449. The van der Waals surface area contributed by atoms with E-state index in [0.717, 1.165) is 5.46 Å². The van der Waals surface area contributed by atoms with Gasteiger partial charge in [0.05, 0.1) is 16.2 Å². The van der Waals surface area contributed by atoms with Crippen molar-refractivity contribution in [3.63, 3.8) is 0 Å². The smallest absolute Gasteiger partial charge is 0.399 e. The number of hydrogen-bond donors (Lipinski definition) is 1. The van der Waals surface area contributed by atoms with E-state index in [2.05, 4.69) is 10.3 Å². The van der Waals surface area contributed by atoms with Gasteiger partial charge in [0.15, 0.2) is 0 Å². The lowest BCUT2D eigenvalue weighted by Crippen LogP contribution is -2.41. The van der Waals surface area contributed by atoms with E-state index in [4.69, 9.17) is 20.9 Å². The van der Waals surface area contributed by atoms with Gasteiger partial charge in [-0.1, -0.05) is 11.6 Å². The predicted molar refractivity (Wildman–Crippen MR) is 74.5 cm³/mol. The normalized spacial score (nSPS) is 21.1. The van der Waals surface area contributed by atoms with Gasteiger partial charge in [0, 0.05) is 18.7 Å². The molecule has 1 aromatic rings. The second kappa shape index (κ2) is 4.40. The van der Waals surface area contributed by atoms with Crippen molar-refractivity contribution in [2.24, 2.45) is 0 Å². The van der Waals surface area contributed by atoms with Crippen LogP contribution >= 0.6 is 11.6 Å². The number of anilines is 1. The van der Waals surface area contributed by atoms with Crippen LogP contribution in [0.4, 0.5) is 5.82 Å². The lowest BCUT2D eigenvalue weighted by molar-refractivity contribution is 0.00578. The van der Waals surface area contributed by atoms with E-state index in [0.29, 0.717) is 10.8 Å². The third-order valence-corrected chi connectivity index (χ3v) is 4.06. The van der Waals surface area contributed by atoms with Gasteiger partial charge < -0.3 is 14.6 Å². The summed E-state index contributed by atoms with van der Waals surface area (Å²) in [5, 5.41) is 3.49. The molecule has 2 rings (SSSR count). The minimum Gasteiger partial charge on any atom is -0.399 e. The van der Waals surface area contributed by atoms with Crippen molar-refractivity contribution < 1.29 is 9.31 Å². The maximum Gasteiger partial charge on any atom is 0.496 e. The molecule has 18 heavy (non-hydrogen) atoms. The minimum atomic E-state index is -0.461. The monoisotopic (exact) mass is 268 g/mol. The molecule has 0 spiro atoms. The number of hydrogen-bond acceptors (Lipinski definition) is 4. The van der Waals surface area contributed by atoms with Gasteiger partial charge in [-0.3, -0.25) is 0 Å². The molecule has 0 saturated carbocycles. The summed E-state index contributed by atoms with van der Waals surface area (Å²) in [6, 6.07) is 1.82. The molecule has 0 amide bonds. The van der Waals surface area contributed by atoms with E-state index >= 15 is 0 Å². The molecule has 0 radical (unpaired) electrons. The van der Waals surface area contributed by atoms with Crippen LogP contribution in [0, 0.1) is 0 Å². The van der Waals surface area contributed by atoms with Crippen LogP contribution in [0.2, 0.25) is 5.02 Å². The molecule has 1 fully saturated rings. The number of rotatable bonds is 2. The molecule has 1 aliphatic heterocycles. The Morgan fingerprint density at radius 3 is 2.28 bits per heavy atom. The van der Waals surface area contributed by atoms with Crippen molar-refractivity contribution in [2.75, 3.05) is 12.4 Å². The first-order chi connectivity index (χ1) is 8.28. The predicted octanol–water partition coefficient (Wildman–Crippen LogP) is 2.08. The summed E-state index contributed by atoms with van der Waals surface area (Å²) < 4.78 is 11.9. The molecule has 0 atom stereocenters. The second-order valence-corrected chi connectivity index (χ2v) is 5.78. The van der Waals surface area contributed by atoms with E-state index in [1.807, 2.05) is 33.8 Å². The number of halogens is 1. The lowest BCUT2D eigenvalue weighted by atomic mass is 9.79. The highest BCUT2D eigenvalue weighted by Gasteiger charge is 2.52. The van der Waals surface area contributed by atoms with Gasteiger partial charge in [0.25, 0.3) is 0 Å². The Morgan fingerprint density at radius 1 is 1.22 bits per heavy atom. The molecular weight excluding hydrogens is 250 g/mol. The van der Waals surface area contributed by atoms with Gasteiger partial charge in [-0.05, 0) is 33.8 Å². The maximum absolute atomic E-state index is 6.29. The van der Waals surface area contributed by atoms with E-state index in [9.17, 15) is 0 Å². The van der Waals surface area contributed by atoms with Gasteiger partial charge in [-0.15, -0.1) is 0 Å². The quantitative estimate of drug-likeness (QED) is 0.834. The van der Waals surface area contributed by atoms with Crippen LogP contribution in [-0.4, -0.2) is 30.4 Å². The fourth-order valence-corrected chi connectivity index (χ4v) is 2.08. The summed E-state index contributed by atoms with van der Waals surface area (Å²) >= 11 is 6.29. The summed E-state index contributed by atoms with van der Waals surface area (Å²) in [6.45, 7) is 8.06. The maximum atomic E-state index is 6.29. The zero-order chi connectivity index (χ0) is 13.6. The average Bonchev–Trinajstić information content (AvgIpc) is 2.48. The summed E-state index contributed by atoms with van der Waals surface area (Å²) in [6.07, 6.45) is 1.69. The van der Waals surface area contributed by atoms with E-state index < -0.39 is 7.12 Å². The fraction of sp³-hybridized carbons (Fsp3) is 0.583. The summed E-state index contributed by atoms with van der Waals surface area (Å²) in [7, 11) is 1.32. The third-order valence-electron chi connectivity index (χ3n) is 3.66. The van der Waals surface area contributed by atoms with Crippen molar-refractivity contribution in [3.05, 3.63) is 17.3 Å². The molecule has 0 aliphatic carbocycles. The van der Waals surface area contributed by atoms with Crippen LogP contribution in [0.3, 0.4) is 0 Å². The molecule has 1 N–H and O–H groups in total. The Balaban J connectivity index is 2.35. The molecular formula is C12H18BClN2O2. The van der Waals surface area contributed by atoms with Crippen LogP contribution < -0.4 is 10.8 Å². The third kappa shape index (κ3) is 2.11. The Hall–Kier alpha value is -0.775. The molecule has 4 nitrogen and oxygen atoms in total. The first-order valence-corrected chi connectivity index (χ1v) is 6.34. The molecule has 6 heteroatoms. The molecule has 0 unspecified atom stereocenters. The molecule has 98 valence electrons. The average molecular weight is 269 g/mol. The first-order valence-electron chi connectivity index (χ1n) is 5.96. The van der Waals surface area contributed by atoms with Crippen molar-refractivity contribution >= 4 is 30.0 Å². The topological polar surface area (TPSA) is 43.4 Å². The lowest BCUT2D eigenvalue weighted by Gasteiger charge is -2.32. The zero-order valence-electron chi connectivity index (χ0n) is 11.4. The number of pyridine rings is 1. The van der Waals surface area contributed by atoms with Crippen LogP contribution in [-0.2, 0) is 9.31 Å². The standard InChI is InChI=1S/C12H18BClN2O2/c1-11(2)12(3,4)18-13(17-11)8-6-7-16-10(15-5)9(8)14/h6-7H,1-5H3,(H,15,16). The van der Waals surface area contributed by atoms with Gasteiger partial charge in [-0.2, -0.15) is 0 Å². The van der Waals surface area contributed by atoms with Gasteiger partial charge in [-0.25, -0.2) is 4.98 Å². The van der Waals surface area contributed by atoms with E-state index in [1.165, 1.54) is 0 Å². The highest BCUT2D eigenvalue weighted by molar-refractivity contribution is 6.66. The van der Waals surface area contributed by atoms with E-state index in [1.54, 1.807) is 13.2 Å². The minimum absolute atomic E-state index is 0.371. The summed E-state index contributed by atoms with van der Waals surface area (Å²) in [4.78, 5) is 4.15. The molecule has 1 aliphatic rings. The van der Waals surface area contributed by atoms with Crippen molar-refractivity contribution in [1.82, 2.24) is 4.98 Å². The molecule has 0 bridgehead atoms. The highest BCUT2D eigenvalue weighted by atomic mass is 35.5. The highest BCUT2D eigenvalue weighted by Crippen LogP contribution is 2.37. The fourth-order valence-electron chi connectivity index (χ4n) is 1.79. The van der Waals surface area contributed by atoms with Gasteiger partial charge >= 0.3 is 7.12 Å². The van der Waals surface area contributed by atoms with Crippen LogP contribution in [0.1, 0.15) is 27.7 Å². The van der Waals surface area contributed by atoms with Crippen molar-refractivity contribution in [3.8, 4) is 0 Å². The Labute approximate surface area is 113 Å². The van der Waals surface area contributed by atoms with Crippen LogP contribution in [0.25, 0.3) is 0 Å². The van der Waals surface area contributed by atoms with Crippen LogP contribution in [0.15, 0.2) is 12.3 Å². The number of aromatic nitrogens is 1. The van der Waals surface area contributed by atoms with Gasteiger partial charge in [0.2, 0.25) is 0 Å². The van der Waals surface area contributed by atoms with Gasteiger partial charge in [0.1, 0.15) is 5.82 Å². The molecule has 1 saturated heterocycles. The van der Waals surface area contributed by atoms with Crippen LogP contribution in [0.5, 0.6) is 0 Å². The SMILES string of the molecule is CNc1nccc(B2OC(C)(C)C(C)(C)O2)c1Cl. The summed E-state index contributed by atoms with van der Waals surface area (Å²) in [5.41, 5.74) is 0.0587. The Morgan fingerprint density at radius 2 is 1.78 bits per heavy atom. The number of nitrogens with zero attached hydrogens (tertiary/aromatic N) is 1. The molecule has 1 aromatic heterocycles. The molecule has 0 aromatic carbocycles.